The van der Waals surface area contributed by atoms with Crippen LogP contribution in [-0.2, 0) is 0 Å². The molecule has 0 amide bonds. The van der Waals surface area contributed by atoms with Gasteiger partial charge in [-0.3, -0.25) is 0 Å². The van der Waals surface area contributed by atoms with Gasteiger partial charge in [-0.2, -0.15) is 0 Å². The maximum atomic E-state index is 8.84. The van der Waals surface area contributed by atoms with E-state index in [9.17, 15) is 0 Å². The molecular formula is C10H20N2O. The molecule has 1 saturated carbocycles. The summed E-state index contributed by atoms with van der Waals surface area (Å²) in [6.07, 6.45) is 5.00. The Kier molecular flexibility index (Phi) is 2.58. The standard InChI is InChI=1S/C10H20N2O/c11-9-1-2-10(7-9)3-4-12(8-10)5-6-13/h9,13H,1-8,11H2. The summed E-state index contributed by atoms with van der Waals surface area (Å²) in [5.74, 6) is 0. The first-order valence-electron chi connectivity index (χ1n) is 5.33. The van der Waals surface area contributed by atoms with Crippen LogP contribution in [0.15, 0.2) is 0 Å². The lowest BCUT2D eigenvalue weighted by Gasteiger charge is -2.23. The third-order valence-electron chi connectivity index (χ3n) is 3.67. The first-order valence-corrected chi connectivity index (χ1v) is 5.33. The van der Waals surface area contributed by atoms with Crippen molar-refractivity contribution in [2.24, 2.45) is 11.1 Å². The molecule has 3 heteroatoms. The van der Waals surface area contributed by atoms with Crippen molar-refractivity contribution in [2.45, 2.75) is 31.7 Å². The molecule has 0 aromatic rings. The molecule has 1 saturated heterocycles. The van der Waals surface area contributed by atoms with E-state index in [1.165, 1.54) is 32.2 Å². The van der Waals surface area contributed by atoms with E-state index in [0.29, 0.717) is 18.1 Å². The van der Waals surface area contributed by atoms with Crippen LogP contribution in [0.4, 0.5) is 0 Å². The molecule has 2 atom stereocenters. The van der Waals surface area contributed by atoms with Crippen LogP contribution in [0.3, 0.4) is 0 Å². The molecule has 1 aliphatic carbocycles. The van der Waals surface area contributed by atoms with Crippen molar-refractivity contribution in [1.29, 1.82) is 0 Å². The highest BCUT2D eigenvalue weighted by Gasteiger charge is 2.42. The fraction of sp³-hybridized carbons (Fsp3) is 1.00. The Labute approximate surface area is 79.9 Å². The molecular weight excluding hydrogens is 164 g/mol. The lowest BCUT2D eigenvalue weighted by Crippen LogP contribution is -2.28. The lowest BCUT2D eigenvalue weighted by molar-refractivity contribution is 0.200. The van der Waals surface area contributed by atoms with E-state index in [1.54, 1.807) is 0 Å². The third-order valence-corrected chi connectivity index (χ3v) is 3.67. The van der Waals surface area contributed by atoms with Gasteiger partial charge in [-0.25, -0.2) is 0 Å². The predicted octanol–water partition coefficient (Wildman–Crippen LogP) is 0.182. The van der Waals surface area contributed by atoms with Gasteiger partial charge in [0.15, 0.2) is 0 Å². The monoisotopic (exact) mass is 184 g/mol. The van der Waals surface area contributed by atoms with Gasteiger partial charge in [0.25, 0.3) is 0 Å². The summed E-state index contributed by atoms with van der Waals surface area (Å²) < 4.78 is 0. The molecule has 0 aromatic carbocycles. The van der Waals surface area contributed by atoms with Crippen molar-refractivity contribution < 1.29 is 5.11 Å². The minimum absolute atomic E-state index is 0.294. The molecule has 0 bridgehead atoms. The van der Waals surface area contributed by atoms with Gasteiger partial charge in [-0.1, -0.05) is 0 Å². The second-order valence-corrected chi connectivity index (χ2v) is 4.75. The van der Waals surface area contributed by atoms with E-state index in [0.717, 1.165) is 13.1 Å². The van der Waals surface area contributed by atoms with Crippen molar-refractivity contribution in [3.8, 4) is 0 Å². The van der Waals surface area contributed by atoms with Crippen molar-refractivity contribution in [3.63, 3.8) is 0 Å². The van der Waals surface area contributed by atoms with Crippen LogP contribution in [0.2, 0.25) is 0 Å². The Balaban J connectivity index is 1.89. The van der Waals surface area contributed by atoms with Crippen molar-refractivity contribution in [2.75, 3.05) is 26.2 Å². The number of aliphatic hydroxyl groups excluding tert-OH is 1. The van der Waals surface area contributed by atoms with Gasteiger partial charge in [0.1, 0.15) is 0 Å². The Morgan fingerprint density at radius 2 is 2.31 bits per heavy atom. The first-order chi connectivity index (χ1) is 6.24. The van der Waals surface area contributed by atoms with Gasteiger partial charge in [0.05, 0.1) is 6.61 Å². The fourth-order valence-electron chi connectivity index (χ4n) is 2.98. The fourth-order valence-corrected chi connectivity index (χ4v) is 2.98. The van der Waals surface area contributed by atoms with Gasteiger partial charge < -0.3 is 15.7 Å². The second-order valence-electron chi connectivity index (χ2n) is 4.75. The van der Waals surface area contributed by atoms with Crippen molar-refractivity contribution >= 4 is 0 Å². The van der Waals surface area contributed by atoms with Crippen molar-refractivity contribution in [1.82, 2.24) is 4.90 Å². The molecule has 1 heterocycles. The molecule has 0 radical (unpaired) electrons. The van der Waals surface area contributed by atoms with Gasteiger partial charge in [0, 0.05) is 19.1 Å². The van der Waals surface area contributed by atoms with Crippen LogP contribution in [0, 0.1) is 5.41 Å². The molecule has 2 aliphatic rings. The smallest absolute Gasteiger partial charge is 0.0558 e. The molecule has 76 valence electrons. The first kappa shape index (κ1) is 9.44. The zero-order valence-corrected chi connectivity index (χ0v) is 8.21. The second kappa shape index (κ2) is 3.56. The minimum atomic E-state index is 0.294. The lowest BCUT2D eigenvalue weighted by atomic mass is 9.85. The summed E-state index contributed by atoms with van der Waals surface area (Å²) in [4.78, 5) is 2.37. The molecule has 1 spiro atoms. The summed E-state index contributed by atoms with van der Waals surface area (Å²) >= 11 is 0. The van der Waals surface area contributed by atoms with Crippen LogP contribution in [0.25, 0.3) is 0 Å². The van der Waals surface area contributed by atoms with Crippen LogP contribution in [-0.4, -0.2) is 42.3 Å². The van der Waals surface area contributed by atoms with Crippen LogP contribution in [0.5, 0.6) is 0 Å². The number of rotatable bonds is 2. The maximum Gasteiger partial charge on any atom is 0.0558 e. The normalized spacial score (nSPS) is 40.6. The van der Waals surface area contributed by atoms with Gasteiger partial charge in [0.2, 0.25) is 0 Å². The largest absolute Gasteiger partial charge is 0.395 e. The molecule has 1 aliphatic heterocycles. The molecule has 0 aromatic heterocycles. The summed E-state index contributed by atoms with van der Waals surface area (Å²) in [6, 6.07) is 0.439. The molecule has 2 unspecified atom stereocenters. The quantitative estimate of drug-likeness (QED) is 0.644. The van der Waals surface area contributed by atoms with Crippen LogP contribution in [0.1, 0.15) is 25.7 Å². The summed E-state index contributed by atoms with van der Waals surface area (Å²) in [6.45, 7) is 3.47. The maximum absolute atomic E-state index is 8.84. The van der Waals surface area contributed by atoms with E-state index in [2.05, 4.69) is 4.90 Å². The average Bonchev–Trinajstić information content (AvgIpc) is 2.62. The minimum Gasteiger partial charge on any atom is -0.395 e. The highest BCUT2D eigenvalue weighted by Crippen LogP contribution is 2.44. The topological polar surface area (TPSA) is 49.5 Å². The molecule has 2 fully saturated rings. The van der Waals surface area contributed by atoms with Gasteiger partial charge >= 0.3 is 0 Å². The zero-order valence-electron chi connectivity index (χ0n) is 8.21. The number of hydrogen-bond acceptors (Lipinski definition) is 3. The Bertz CT molecular complexity index is 186. The molecule has 13 heavy (non-hydrogen) atoms. The number of likely N-dealkylation sites (tertiary alicyclic amines) is 1. The third kappa shape index (κ3) is 1.87. The number of hydrogen-bond donors (Lipinski definition) is 2. The number of nitrogens with two attached hydrogens (primary N) is 1. The summed E-state index contributed by atoms with van der Waals surface area (Å²) in [5, 5.41) is 8.84. The number of aliphatic hydroxyl groups is 1. The Morgan fingerprint density at radius 3 is 2.92 bits per heavy atom. The van der Waals surface area contributed by atoms with E-state index < -0.39 is 0 Å². The Morgan fingerprint density at radius 1 is 1.46 bits per heavy atom. The van der Waals surface area contributed by atoms with Crippen LogP contribution < -0.4 is 5.73 Å². The summed E-state index contributed by atoms with van der Waals surface area (Å²) in [7, 11) is 0. The highest BCUT2D eigenvalue weighted by molar-refractivity contribution is 4.97. The average molecular weight is 184 g/mol. The molecule has 3 nitrogen and oxygen atoms in total. The molecule has 2 rings (SSSR count). The van der Waals surface area contributed by atoms with E-state index in [1.807, 2.05) is 0 Å². The molecule has 3 N–H and O–H groups in total. The van der Waals surface area contributed by atoms with Crippen LogP contribution >= 0.6 is 0 Å². The Hall–Kier alpha value is -0.120. The number of β-amino-alcohol motifs (C(OH)–C–C–N with tert-alkyl or cyclic N) is 1. The predicted molar refractivity (Wildman–Crippen MR) is 52.4 cm³/mol. The van der Waals surface area contributed by atoms with Gasteiger partial charge in [-0.15, -0.1) is 0 Å². The SMILES string of the molecule is NC1CCC2(CCN(CCO)C2)C1. The van der Waals surface area contributed by atoms with E-state index in [-0.39, 0.29) is 0 Å². The van der Waals surface area contributed by atoms with Gasteiger partial charge in [-0.05, 0) is 37.6 Å². The number of nitrogens with zero attached hydrogens (tertiary/aromatic N) is 1. The van der Waals surface area contributed by atoms with Crippen molar-refractivity contribution in [3.05, 3.63) is 0 Å². The van der Waals surface area contributed by atoms with E-state index >= 15 is 0 Å². The summed E-state index contributed by atoms with van der Waals surface area (Å²) in [5.41, 5.74) is 6.46. The zero-order chi connectivity index (χ0) is 9.31. The highest BCUT2D eigenvalue weighted by atomic mass is 16.3. The van der Waals surface area contributed by atoms with E-state index in [4.69, 9.17) is 10.8 Å².